The maximum atomic E-state index is 11.9. The van der Waals surface area contributed by atoms with Crippen molar-refractivity contribution in [3.63, 3.8) is 0 Å². The standard InChI is InChI=1S/C16H20N4O4/c1-16(2,3)24-15(23)18-10-14(22)20-12-7-5-4-6-11(12)19-13(21)8-9-17/h4-7H,8,10H2,1-3H3,(H,18,23)(H,19,21)(H,20,22). The van der Waals surface area contributed by atoms with Gasteiger partial charge in [0.25, 0.3) is 0 Å². The number of para-hydroxylation sites is 2. The van der Waals surface area contributed by atoms with Gasteiger partial charge in [0.2, 0.25) is 11.8 Å². The van der Waals surface area contributed by atoms with Crippen LogP contribution in [0.25, 0.3) is 0 Å². The van der Waals surface area contributed by atoms with E-state index in [9.17, 15) is 14.4 Å². The highest BCUT2D eigenvalue weighted by Crippen LogP contribution is 2.20. The lowest BCUT2D eigenvalue weighted by molar-refractivity contribution is -0.116. The third-order valence-electron chi connectivity index (χ3n) is 2.51. The fourth-order valence-electron chi connectivity index (χ4n) is 1.63. The summed E-state index contributed by atoms with van der Waals surface area (Å²) >= 11 is 0. The van der Waals surface area contributed by atoms with Crippen molar-refractivity contribution in [1.82, 2.24) is 5.32 Å². The third kappa shape index (κ3) is 7.26. The molecule has 0 bridgehead atoms. The maximum absolute atomic E-state index is 11.9. The van der Waals surface area contributed by atoms with E-state index in [1.807, 2.05) is 0 Å². The number of carbonyl (C=O) groups excluding carboxylic acids is 3. The number of benzene rings is 1. The molecule has 1 aromatic rings. The molecule has 3 N–H and O–H groups in total. The zero-order valence-corrected chi connectivity index (χ0v) is 13.8. The Morgan fingerprint density at radius 3 is 2.12 bits per heavy atom. The van der Waals surface area contributed by atoms with Crippen LogP contribution in [-0.2, 0) is 14.3 Å². The molecule has 1 rings (SSSR count). The van der Waals surface area contributed by atoms with Crippen LogP contribution in [0.4, 0.5) is 16.2 Å². The topological polar surface area (TPSA) is 120 Å². The monoisotopic (exact) mass is 332 g/mol. The molecular weight excluding hydrogens is 312 g/mol. The predicted molar refractivity (Wildman–Crippen MR) is 88.2 cm³/mol. The van der Waals surface area contributed by atoms with Crippen molar-refractivity contribution in [3.8, 4) is 6.07 Å². The van der Waals surface area contributed by atoms with Gasteiger partial charge in [0, 0.05) is 0 Å². The Morgan fingerprint density at radius 2 is 1.62 bits per heavy atom. The van der Waals surface area contributed by atoms with Crippen molar-refractivity contribution < 1.29 is 19.1 Å². The molecule has 0 aliphatic heterocycles. The summed E-state index contributed by atoms with van der Waals surface area (Å²) in [4.78, 5) is 34.9. The van der Waals surface area contributed by atoms with E-state index in [2.05, 4.69) is 16.0 Å². The van der Waals surface area contributed by atoms with Crippen LogP contribution >= 0.6 is 0 Å². The second-order valence-electron chi connectivity index (χ2n) is 5.83. The van der Waals surface area contributed by atoms with E-state index in [0.717, 1.165) is 0 Å². The molecule has 0 radical (unpaired) electrons. The minimum atomic E-state index is -0.701. The van der Waals surface area contributed by atoms with Gasteiger partial charge in [-0.05, 0) is 32.9 Å². The van der Waals surface area contributed by atoms with E-state index in [4.69, 9.17) is 10.00 Å². The molecule has 1 aromatic carbocycles. The lowest BCUT2D eigenvalue weighted by atomic mass is 10.2. The SMILES string of the molecule is CC(C)(C)OC(=O)NCC(=O)Nc1ccccc1NC(=O)CC#N. The first-order valence-electron chi connectivity index (χ1n) is 7.24. The number of hydrogen-bond acceptors (Lipinski definition) is 5. The molecule has 0 aromatic heterocycles. The number of carbonyl (C=O) groups is 3. The number of hydrogen-bond donors (Lipinski definition) is 3. The maximum Gasteiger partial charge on any atom is 0.408 e. The molecule has 0 aliphatic carbocycles. The van der Waals surface area contributed by atoms with Crippen LogP contribution in [-0.4, -0.2) is 30.1 Å². The van der Waals surface area contributed by atoms with E-state index in [1.165, 1.54) is 0 Å². The second-order valence-corrected chi connectivity index (χ2v) is 5.83. The zero-order chi connectivity index (χ0) is 18.2. The summed E-state index contributed by atoms with van der Waals surface area (Å²) in [5, 5.41) is 15.9. The molecule has 8 nitrogen and oxygen atoms in total. The first-order valence-corrected chi connectivity index (χ1v) is 7.24. The Kier molecular flexibility index (Phi) is 6.74. The molecule has 0 spiro atoms. The minimum Gasteiger partial charge on any atom is -0.444 e. The third-order valence-corrected chi connectivity index (χ3v) is 2.51. The molecule has 128 valence electrons. The van der Waals surface area contributed by atoms with E-state index in [0.29, 0.717) is 11.4 Å². The quantitative estimate of drug-likeness (QED) is 0.761. The summed E-state index contributed by atoms with van der Waals surface area (Å²) in [6.45, 7) is 4.86. The van der Waals surface area contributed by atoms with Gasteiger partial charge >= 0.3 is 6.09 Å². The zero-order valence-electron chi connectivity index (χ0n) is 13.8. The Bertz CT molecular complexity index is 659. The largest absolute Gasteiger partial charge is 0.444 e. The van der Waals surface area contributed by atoms with Gasteiger partial charge < -0.3 is 20.7 Å². The highest BCUT2D eigenvalue weighted by Gasteiger charge is 2.17. The summed E-state index contributed by atoms with van der Waals surface area (Å²) in [7, 11) is 0. The van der Waals surface area contributed by atoms with Gasteiger partial charge in [0.05, 0.1) is 17.4 Å². The van der Waals surface area contributed by atoms with Gasteiger partial charge in [-0.15, -0.1) is 0 Å². The summed E-state index contributed by atoms with van der Waals surface area (Å²) in [6.07, 6.45) is -0.990. The van der Waals surface area contributed by atoms with Crippen molar-refractivity contribution in [2.24, 2.45) is 0 Å². The number of anilines is 2. The highest BCUT2D eigenvalue weighted by atomic mass is 16.6. The molecule has 0 unspecified atom stereocenters. The lowest BCUT2D eigenvalue weighted by Gasteiger charge is -2.19. The predicted octanol–water partition coefficient (Wildman–Crippen LogP) is 2.00. The van der Waals surface area contributed by atoms with Gasteiger partial charge in [-0.25, -0.2) is 4.79 Å². The summed E-state index contributed by atoms with van der Waals surface area (Å²) in [6, 6.07) is 8.27. The molecule has 0 heterocycles. The first-order chi connectivity index (χ1) is 11.2. The fraction of sp³-hybridized carbons (Fsp3) is 0.375. The van der Waals surface area contributed by atoms with Crippen LogP contribution in [0.5, 0.6) is 0 Å². The number of nitrogens with one attached hydrogen (secondary N) is 3. The van der Waals surface area contributed by atoms with Crippen LogP contribution in [0.2, 0.25) is 0 Å². The van der Waals surface area contributed by atoms with Crippen LogP contribution in [0, 0.1) is 11.3 Å². The van der Waals surface area contributed by atoms with Gasteiger partial charge in [0.15, 0.2) is 0 Å². The number of amides is 3. The van der Waals surface area contributed by atoms with Crippen LogP contribution in [0.1, 0.15) is 27.2 Å². The molecule has 0 fully saturated rings. The van der Waals surface area contributed by atoms with Crippen LogP contribution in [0.3, 0.4) is 0 Å². The molecule has 0 saturated carbocycles. The Labute approximate surface area is 140 Å². The normalized spacial score (nSPS) is 10.2. The average Bonchev–Trinajstić information content (AvgIpc) is 2.46. The summed E-state index contributed by atoms with van der Waals surface area (Å²) in [5.41, 5.74) is 0.0706. The molecule has 0 saturated heterocycles. The second kappa shape index (κ2) is 8.53. The van der Waals surface area contributed by atoms with Crippen LogP contribution < -0.4 is 16.0 Å². The van der Waals surface area contributed by atoms with Crippen molar-refractivity contribution in [2.75, 3.05) is 17.2 Å². The van der Waals surface area contributed by atoms with Gasteiger partial charge in [-0.2, -0.15) is 5.26 Å². The van der Waals surface area contributed by atoms with E-state index in [-0.39, 0.29) is 13.0 Å². The molecule has 24 heavy (non-hydrogen) atoms. The number of nitrogens with zero attached hydrogens (tertiary/aromatic N) is 1. The summed E-state index contributed by atoms with van der Waals surface area (Å²) in [5.74, 6) is -0.964. The van der Waals surface area contributed by atoms with Crippen molar-refractivity contribution in [2.45, 2.75) is 32.8 Å². The number of ether oxygens (including phenoxy) is 1. The number of alkyl carbamates (subject to hydrolysis) is 1. The molecule has 0 aliphatic rings. The average molecular weight is 332 g/mol. The molecule has 8 heteroatoms. The fourth-order valence-corrected chi connectivity index (χ4v) is 1.63. The summed E-state index contributed by atoms with van der Waals surface area (Å²) < 4.78 is 5.02. The van der Waals surface area contributed by atoms with E-state index >= 15 is 0 Å². The molecule has 3 amide bonds. The van der Waals surface area contributed by atoms with Crippen molar-refractivity contribution >= 4 is 29.3 Å². The van der Waals surface area contributed by atoms with Gasteiger partial charge in [-0.3, -0.25) is 9.59 Å². The van der Waals surface area contributed by atoms with E-state index in [1.54, 1.807) is 51.1 Å². The Morgan fingerprint density at radius 1 is 1.08 bits per heavy atom. The smallest absolute Gasteiger partial charge is 0.408 e. The highest BCUT2D eigenvalue weighted by molar-refractivity contribution is 6.01. The lowest BCUT2D eigenvalue weighted by Crippen LogP contribution is -2.37. The van der Waals surface area contributed by atoms with Crippen molar-refractivity contribution in [3.05, 3.63) is 24.3 Å². The van der Waals surface area contributed by atoms with Crippen molar-refractivity contribution in [1.29, 1.82) is 5.26 Å². The number of nitriles is 1. The van der Waals surface area contributed by atoms with Crippen LogP contribution in [0.15, 0.2) is 24.3 Å². The van der Waals surface area contributed by atoms with E-state index < -0.39 is 23.5 Å². The number of rotatable bonds is 5. The Hall–Kier alpha value is -3.08. The Balaban J connectivity index is 2.60. The van der Waals surface area contributed by atoms with Gasteiger partial charge in [-0.1, -0.05) is 12.1 Å². The first kappa shape index (κ1) is 19.0. The van der Waals surface area contributed by atoms with Gasteiger partial charge in [0.1, 0.15) is 18.6 Å². The molecular formula is C16H20N4O4. The minimum absolute atomic E-state index is 0.282. The molecule has 0 atom stereocenters.